The fourth-order valence-corrected chi connectivity index (χ4v) is 3.32. The zero-order chi connectivity index (χ0) is 13.1. The van der Waals surface area contributed by atoms with E-state index < -0.39 is 0 Å². The molecule has 1 unspecified atom stereocenters. The van der Waals surface area contributed by atoms with Gasteiger partial charge in [-0.2, -0.15) is 0 Å². The molecule has 1 aromatic rings. The summed E-state index contributed by atoms with van der Waals surface area (Å²) in [6, 6.07) is 8.17. The van der Waals surface area contributed by atoms with Crippen molar-refractivity contribution in [2.45, 2.75) is 38.0 Å². The first kappa shape index (κ1) is 12.5. The van der Waals surface area contributed by atoms with Crippen LogP contribution in [-0.4, -0.2) is 19.0 Å². The number of anilines is 1. The lowest BCUT2D eigenvalue weighted by Gasteiger charge is -2.26. The van der Waals surface area contributed by atoms with Crippen molar-refractivity contribution in [1.29, 1.82) is 0 Å². The van der Waals surface area contributed by atoms with Gasteiger partial charge in [-0.05, 0) is 36.8 Å². The molecule has 1 aliphatic heterocycles. The second kappa shape index (κ2) is 5.64. The van der Waals surface area contributed by atoms with Gasteiger partial charge in [0, 0.05) is 18.8 Å². The molecule has 3 heteroatoms. The van der Waals surface area contributed by atoms with Crippen LogP contribution in [-0.2, 0) is 4.79 Å². The van der Waals surface area contributed by atoms with E-state index in [0.717, 1.165) is 30.8 Å². The first-order valence-electron chi connectivity index (χ1n) is 7.45. The minimum absolute atomic E-state index is 0.0267. The fraction of sp³-hybridized carbons (Fsp3) is 0.562. The van der Waals surface area contributed by atoms with Gasteiger partial charge < -0.3 is 10.6 Å². The number of carbonyl (C=O) groups excluding carboxylic acids is 1. The molecular formula is C16H22N2O. The summed E-state index contributed by atoms with van der Waals surface area (Å²) in [6.45, 7) is 1.75. The highest BCUT2D eigenvalue weighted by Crippen LogP contribution is 2.31. The van der Waals surface area contributed by atoms with Gasteiger partial charge >= 0.3 is 0 Å². The minimum atomic E-state index is 0.0267. The molecule has 19 heavy (non-hydrogen) atoms. The Morgan fingerprint density at radius 1 is 1.21 bits per heavy atom. The summed E-state index contributed by atoms with van der Waals surface area (Å²) < 4.78 is 0. The minimum Gasteiger partial charge on any atom is -0.385 e. The third kappa shape index (κ3) is 2.75. The third-order valence-corrected chi connectivity index (χ3v) is 4.44. The van der Waals surface area contributed by atoms with E-state index in [4.69, 9.17) is 0 Å². The van der Waals surface area contributed by atoms with Crippen molar-refractivity contribution >= 4 is 11.6 Å². The van der Waals surface area contributed by atoms with Gasteiger partial charge in [-0.15, -0.1) is 0 Å². The first-order valence-corrected chi connectivity index (χ1v) is 7.45. The smallest absolute Gasteiger partial charge is 0.227 e. The predicted octanol–water partition coefficient (Wildman–Crippen LogP) is 2.89. The maximum atomic E-state index is 12.4. The Labute approximate surface area is 114 Å². The number of benzene rings is 1. The first-order chi connectivity index (χ1) is 9.34. The molecule has 3 nitrogen and oxygen atoms in total. The van der Waals surface area contributed by atoms with E-state index in [-0.39, 0.29) is 11.8 Å². The molecule has 1 aliphatic carbocycles. The lowest BCUT2D eigenvalue weighted by molar-refractivity contribution is -0.122. The Morgan fingerprint density at radius 3 is 2.84 bits per heavy atom. The molecule has 1 atom stereocenters. The molecule has 0 aromatic heterocycles. The lowest BCUT2D eigenvalue weighted by atomic mass is 9.90. The number of rotatable bonds is 3. The third-order valence-electron chi connectivity index (χ3n) is 4.44. The van der Waals surface area contributed by atoms with Crippen LogP contribution in [0.1, 0.15) is 43.6 Å². The molecule has 2 N–H and O–H groups in total. The van der Waals surface area contributed by atoms with Crippen molar-refractivity contribution in [2.24, 2.45) is 5.92 Å². The van der Waals surface area contributed by atoms with Crippen molar-refractivity contribution < 1.29 is 4.79 Å². The molecule has 1 saturated carbocycles. The monoisotopic (exact) mass is 258 g/mol. The molecular weight excluding hydrogens is 236 g/mol. The summed E-state index contributed by atoms with van der Waals surface area (Å²) in [6.07, 6.45) is 6.12. The van der Waals surface area contributed by atoms with E-state index in [1.165, 1.54) is 25.7 Å². The Balaban J connectivity index is 1.64. The van der Waals surface area contributed by atoms with Gasteiger partial charge in [-0.1, -0.05) is 31.0 Å². The SMILES string of the molecule is O=C(NCC1CCCC1)C1CCNc2ccccc21. The van der Waals surface area contributed by atoms with Crippen LogP contribution in [0, 0.1) is 5.92 Å². The Morgan fingerprint density at radius 2 is 2.00 bits per heavy atom. The summed E-state index contributed by atoms with van der Waals surface area (Å²) >= 11 is 0. The average Bonchev–Trinajstić information content (AvgIpc) is 2.97. The molecule has 0 bridgehead atoms. The van der Waals surface area contributed by atoms with E-state index in [2.05, 4.69) is 22.8 Å². The highest BCUT2D eigenvalue weighted by atomic mass is 16.1. The summed E-state index contributed by atoms with van der Waals surface area (Å²) in [5, 5.41) is 6.53. The molecule has 0 saturated heterocycles. The van der Waals surface area contributed by atoms with Crippen LogP contribution < -0.4 is 10.6 Å². The number of nitrogens with one attached hydrogen (secondary N) is 2. The van der Waals surface area contributed by atoms with E-state index >= 15 is 0 Å². The van der Waals surface area contributed by atoms with Gasteiger partial charge in [0.2, 0.25) is 5.91 Å². The van der Waals surface area contributed by atoms with Gasteiger partial charge in [0.05, 0.1) is 5.92 Å². The van der Waals surface area contributed by atoms with Crippen LogP contribution in [0.4, 0.5) is 5.69 Å². The molecule has 1 fully saturated rings. The van der Waals surface area contributed by atoms with Gasteiger partial charge in [-0.25, -0.2) is 0 Å². The van der Waals surface area contributed by atoms with Crippen molar-refractivity contribution in [1.82, 2.24) is 5.32 Å². The summed E-state index contributed by atoms with van der Waals surface area (Å²) in [4.78, 5) is 12.4. The molecule has 102 valence electrons. The van der Waals surface area contributed by atoms with E-state index in [9.17, 15) is 4.79 Å². The fourth-order valence-electron chi connectivity index (χ4n) is 3.32. The molecule has 0 radical (unpaired) electrons. The normalized spacial score (nSPS) is 22.6. The van der Waals surface area contributed by atoms with E-state index in [1.54, 1.807) is 0 Å². The van der Waals surface area contributed by atoms with E-state index in [1.807, 2.05) is 12.1 Å². The average molecular weight is 258 g/mol. The number of para-hydroxylation sites is 1. The molecule has 1 aromatic carbocycles. The van der Waals surface area contributed by atoms with Gasteiger partial charge in [0.15, 0.2) is 0 Å². The van der Waals surface area contributed by atoms with Crippen LogP contribution in [0.15, 0.2) is 24.3 Å². The van der Waals surface area contributed by atoms with Crippen LogP contribution in [0.3, 0.4) is 0 Å². The molecule has 0 spiro atoms. The number of carbonyl (C=O) groups is 1. The number of amides is 1. The zero-order valence-electron chi connectivity index (χ0n) is 11.3. The largest absolute Gasteiger partial charge is 0.385 e. The highest BCUT2D eigenvalue weighted by Gasteiger charge is 2.26. The predicted molar refractivity (Wildman–Crippen MR) is 77.3 cm³/mol. The maximum absolute atomic E-state index is 12.4. The number of fused-ring (bicyclic) bond motifs is 1. The van der Waals surface area contributed by atoms with Crippen molar-refractivity contribution in [3.63, 3.8) is 0 Å². The highest BCUT2D eigenvalue weighted by molar-refractivity contribution is 5.86. The molecule has 3 rings (SSSR count). The van der Waals surface area contributed by atoms with Gasteiger partial charge in [0.1, 0.15) is 0 Å². The van der Waals surface area contributed by atoms with Gasteiger partial charge in [-0.3, -0.25) is 4.79 Å². The summed E-state index contributed by atoms with van der Waals surface area (Å²) in [5.74, 6) is 0.945. The Hall–Kier alpha value is -1.51. The Bertz CT molecular complexity index is 452. The standard InChI is InChI=1S/C16H22N2O/c19-16(18-11-12-5-1-2-6-12)14-9-10-17-15-8-4-3-7-13(14)15/h3-4,7-8,12,14,17H,1-2,5-6,9-11H2,(H,18,19). The van der Waals surface area contributed by atoms with Gasteiger partial charge in [0.25, 0.3) is 0 Å². The molecule has 1 amide bonds. The van der Waals surface area contributed by atoms with Crippen molar-refractivity contribution in [3.8, 4) is 0 Å². The second-order valence-corrected chi connectivity index (χ2v) is 5.75. The van der Waals surface area contributed by atoms with Crippen LogP contribution in [0.5, 0.6) is 0 Å². The summed E-state index contributed by atoms with van der Waals surface area (Å²) in [7, 11) is 0. The maximum Gasteiger partial charge on any atom is 0.227 e. The lowest BCUT2D eigenvalue weighted by Crippen LogP contribution is -2.35. The zero-order valence-corrected chi connectivity index (χ0v) is 11.3. The van der Waals surface area contributed by atoms with E-state index in [0.29, 0.717) is 5.92 Å². The van der Waals surface area contributed by atoms with Crippen LogP contribution >= 0.6 is 0 Å². The molecule has 1 heterocycles. The number of hydrogen-bond acceptors (Lipinski definition) is 2. The van der Waals surface area contributed by atoms with Crippen molar-refractivity contribution in [3.05, 3.63) is 29.8 Å². The Kier molecular flexibility index (Phi) is 3.72. The quantitative estimate of drug-likeness (QED) is 0.875. The topological polar surface area (TPSA) is 41.1 Å². The van der Waals surface area contributed by atoms with Crippen LogP contribution in [0.25, 0.3) is 0 Å². The van der Waals surface area contributed by atoms with Crippen molar-refractivity contribution in [2.75, 3.05) is 18.4 Å². The number of hydrogen-bond donors (Lipinski definition) is 2. The second-order valence-electron chi connectivity index (χ2n) is 5.75. The molecule has 2 aliphatic rings. The van der Waals surface area contributed by atoms with Crippen LogP contribution in [0.2, 0.25) is 0 Å². The summed E-state index contributed by atoms with van der Waals surface area (Å²) in [5.41, 5.74) is 2.27.